The topological polar surface area (TPSA) is 94.2 Å². The number of rotatable bonds is 5. The van der Waals surface area contributed by atoms with E-state index < -0.39 is 4.92 Å². The lowest BCUT2D eigenvalue weighted by Crippen LogP contribution is -2.36. The quantitative estimate of drug-likeness (QED) is 0.306. The van der Waals surface area contributed by atoms with Gasteiger partial charge >= 0.3 is 0 Å². The van der Waals surface area contributed by atoms with E-state index in [2.05, 4.69) is 43.1 Å². The molecule has 0 N–H and O–H groups in total. The fraction of sp³-hybridized carbons (Fsp3) is 0.375. The van der Waals surface area contributed by atoms with Crippen molar-refractivity contribution in [2.24, 2.45) is 7.05 Å². The minimum absolute atomic E-state index is 0.0473. The number of nitrogens with zero attached hydrogens (tertiary/aromatic N) is 5. The van der Waals surface area contributed by atoms with Crippen molar-refractivity contribution in [3.8, 4) is 11.4 Å². The van der Waals surface area contributed by atoms with Gasteiger partial charge in [0.1, 0.15) is 0 Å². The van der Waals surface area contributed by atoms with Crippen molar-refractivity contribution >= 4 is 29.0 Å². The van der Waals surface area contributed by atoms with Crippen LogP contribution in [0.2, 0.25) is 0 Å². The summed E-state index contributed by atoms with van der Waals surface area (Å²) < 4.78 is 1.90. The van der Waals surface area contributed by atoms with Gasteiger partial charge in [0.15, 0.2) is 11.0 Å². The molecular weight excluding hydrogens is 438 g/mol. The third-order valence-electron chi connectivity index (χ3n) is 5.86. The first-order chi connectivity index (χ1) is 15.6. The van der Waals surface area contributed by atoms with Gasteiger partial charge in [-0.1, -0.05) is 56.8 Å². The number of non-ortho nitro benzene ring substituents is 1. The molecule has 1 aliphatic rings. The highest BCUT2D eigenvalue weighted by molar-refractivity contribution is 7.99. The van der Waals surface area contributed by atoms with Crippen LogP contribution in [-0.2, 0) is 23.7 Å². The van der Waals surface area contributed by atoms with Gasteiger partial charge in [-0.15, -0.1) is 10.2 Å². The Bertz CT molecular complexity index is 1200. The Balaban J connectivity index is 1.46. The molecule has 0 radical (unpaired) electrons. The van der Waals surface area contributed by atoms with Gasteiger partial charge in [0.25, 0.3) is 5.69 Å². The summed E-state index contributed by atoms with van der Waals surface area (Å²) in [5, 5.41) is 20.4. The molecule has 8 nitrogen and oxygen atoms in total. The predicted octanol–water partition coefficient (Wildman–Crippen LogP) is 4.76. The Hall–Kier alpha value is -3.20. The summed E-state index contributed by atoms with van der Waals surface area (Å²) in [5.41, 5.74) is 3.96. The van der Waals surface area contributed by atoms with E-state index in [1.807, 2.05) is 23.7 Å². The molecule has 0 spiro atoms. The standard InChI is InChI=1S/C24H27N5O3S/c1-24(2,3)18-9-7-16(8-10-18)22-25-26-23(27(22)4)33-15-21(30)28-13-5-6-17-14-19(29(31)32)11-12-20(17)28/h7-12,14H,5-6,13,15H2,1-4H3. The highest BCUT2D eigenvalue weighted by atomic mass is 32.2. The number of hydrogen-bond donors (Lipinski definition) is 0. The first kappa shape index (κ1) is 23.0. The van der Waals surface area contributed by atoms with E-state index in [0.29, 0.717) is 11.7 Å². The van der Waals surface area contributed by atoms with E-state index in [1.165, 1.54) is 23.4 Å². The van der Waals surface area contributed by atoms with Crippen molar-refractivity contribution in [3.63, 3.8) is 0 Å². The number of anilines is 1. The maximum absolute atomic E-state index is 13.0. The predicted molar refractivity (Wildman–Crippen MR) is 130 cm³/mol. The zero-order valence-corrected chi connectivity index (χ0v) is 20.1. The number of amides is 1. The summed E-state index contributed by atoms with van der Waals surface area (Å²) in [7, 11) is 1.90. The number of carbonyl (C=O) groups is 1. The summed E-state index contributed by atoms with van der Waals surface area (Å²) in [5.74, 6) is 0.917. The van der Waals surface area contributed by atoms with Gasteiger partial charge in [-0.2, -0.15) is 0 Å². The summed E-state index contributed by atoms with van der Waals surface area (Å²) in [6.07, 6.45) is 1.51. The summed E-state index contributed by atoms with van der Waals surface area (Å²) >= 11 is 1.34. The lowest BCUT2D eigenvalue weighted by molar-refractivity contribution is -0.384. The number of benzene rings is 2. The molecule has 0 bridgehead atoms. The van der Waals surface area contributed by atoms with Gasteiger partial charge < -0.3 is 9.47 Å². The second-order valence-electron chi connectivity index (χ2n) is 9.20. The average Bonchev–Trinajstić information content (AvgIpc) is 3.16. The second-order valence-corrected chi connectivity index (χ2v) is 10.1. The lowest BCUT2D eigenvalue weighted by Gasteiger charge is -2.29. The number of fused-ring (bicyclic) bond motifs is 1. The van der Waals surface area contributed by atoms with Crippen LogP contribution in [0.25, 0.3) is 11.4 Å². The molecule has 9 heteroatoms. The number of nitro benzene ring substituents is 1. The van der Waals surface area contributed by atoms with Crippen molar-refractivity contribution in [1.82, 2.24) is 14.8 Å². The van der Waals surface area contributed by atoms with Crippen LogP contribution in [0.1, 0.15) is 38.3 Å². The number of hydrogen-bond acceptors (Lipinski definition) is 6. The lowest BCUT2D eigenvalue weighted by atomic mass is 9.87. The molecule has 2 heterocycles. The van der Waals surface area contributed by atoms with E-state index in [9.17, 15) is 14.9 Å². The molecule has 1 aromatic heterocycles. The van der Waals surface area contributed by atoms with Crippen LogP contribution in [0.5, 0.6) is 0 Å². The van der Waals surface area contributed by atoms with E-state index in [-0.39, 0.29) is 22.8 Å². The fourth-order valence-electron chi connectivity index (χ4n) is 3.97. The van der Waals surface area contributed by atoms with Gasteiger partial charge in [0, 0.05) is 37.0 Å². The normalized spacial score (nSPS) is 13.6. The van der Waals surface area contributed by atoms with Crippen LogP contribution in [0, 0.1) is 10.1 Å². The zero-order chi connectivity index (χ0) is 23.8. The number of carbonyl (C=O) groups excluding carboxylic acids is 1. The molecule has 0 aliphatic carbocycles. The molecule has 0 atom stereocenters. The minimum atomic E-state index is -0.404. The third kappa shape index (κ3) is 4.78. The SMILES string of the molecule is Cn1c(SCC(=O)N2CCCc3cc([N+](=O)[O-])ccc32)nnc1-c1ccc(C(C)(C)C)cc1. The summed E-state index contributed by atoms with van der Waals surface area (Å²) in [6.45, 7) is 7.14. The van der Waals surface area contributed by atoms with Crippen LogP contribution in [0.3, 0.4) is 0 Å². The van der Waals surface area contributed by atoms with Gasteiger partial charge in [-0.25, -0.2) is 0 Å². The molecule has 1 aliphatic heterocycles. The van der Waals surface area contributed by atoms with E-state index >= 15 is 0 Å². The highest BCUT2D eigenvalue weighted by Crippen LogP contribution is 2.32. The molecule has 33 heavy (non-hydrogen) atoms. The van der Waals surface area contributed by atoms with Crippen molar-refractivity contribution in [2.75, 3.05) is 17.2 Å². The molecule has 0 saturated heterocycles. The van der Waals surface area contributed by atoms with Crippen molar-refractivity contribution in [3.05, 3.63) is 63.7 Å². The van der Waals surface area contributed by atoms with Crippen molar-refractivity contribution < 1.29 is 9.72 Å². The molecule has 0 unspecified atom stereocenters. The number of nitro groups is 1. The molecule has 1 amide bonds. The van der Waals surface area contributed by atoms with Crippen LogP contribution >= 0.6 is 11.8 Å². The molecule has 0 saturated carbocycles. The Kier molecular flexibility index (Phi) is 6.25. The molecule has 172 valence electrons. The second kappa shape index (κ2) is 8.97. The third-order valence-corrected chi connectivity index (χ3v) is 6.87. The zero-order valence-electron chi connectivity index (χ0n) is 19.2. The van der Waals surface area contributed by atoms with E-state index in [1.54, 1.807) is 17.0 Å². The smallest absolute Gasteiger partial charge is 0.269 e. The fourth-order valence-corrected chi connectivity index (χ4v) is 4.76. The first-order valence-corrected chi connectivity index (χ1v) is 11.8. The maximum Gasteiger partial charge on any atom is 0.269 e. The minimum Gasteiger partial charge on any atom is -0.311 e. The summed E-state index contributed by atoms with van der Waals surface area (Å²) in [4.78, 5) is 25.4. The highest BCUT2D eigenvalue weighted by Gasteiger charge is 2.25. The Morgan fingerprint density at radius 2 is 1.88 bits per heavy atom. The maximum atomic E-state index is 13.0. The Morgan fingerprint density at radius 1 is 1.15 bits per heavy atom. The monoisotopic (exact) mass is 465 g/mol. The average molecular weight is 466 g/mol. The van der Waals surface area contributed by atoms with E-state index in [4.69, 9.17) is 0 Å². The van der Waals surface area contributed by atoms with Gasteiger partial charge in [0.05, 0.1) is 10.7 Å². The largest absolute Gasteiger partial charge is 0.311 e. The molecular formula is C24H27N5O3S. The molecule has 0 fully saturated rings. The molecule has 3 aromatic rings. The Labute approximate surface area is 197 Å². The van der Waals surface area contributed by atoms with Gasteiger partial charge in [0.2, 0.25) is 5.91 Å². The van der Waals surface area contributed by atoms with Crippen molar-refractivity contribution in [1.29, 1.82) is 0 Å². The first-order valence-electron chi connectivity index (χ1n) is 10.9. The van der Waals surface area contributed by atoms with Gasteiger partial charge in [-0.05, 0) is 35.4 Å². The Morgan fingerprint density at radius 3 is 2.55 bits per heavy atom. The van der Waals surface area contributed by atoms with Crippen molar-refractivity contribution in [2.45, 2.75) is 44.2 Å². The molecule has 2 aromatic carbocycles. The number of thioether (sulfide) groups is 1. The molecule has 4 rings (SSSR count). The van der Waals surface area contributed by atoms with E-state index in [0.717, 1.165) is 35.5 Å². The summed E-state index contributed by atoms with van der Waals surface area (Å²) in [6, 6.07) is 13.0. The van der Waals surface area contributed by atoms with Crippen LogP contribution in [-0.4, -0.2) is 37.9 Å². The van der Waals surface area contributed by atoms with Crippen LogP contribution in [0.4, 0.5) is 11.4 Å². The van der Waals surface area contributed by atoms with Gasteiger partial charge in [-0.3, -0.25) is 14.9 Å². The van der Waals surface area contributed by atoms with Crippen LogP contribution in [0.15, 0.2) is 47.6 Å². The van der Waals surface area contributed by atoms with Crippen LogP contribution < -0.4 is 4.90 Å². The number of aryl methyl sites for hydroxylation is 1. The number of aromatic nitrogens is 3.